The average molecular weight is 485 g/mol. The number of halogens is 3. The predicted molar refractivity (Wildman–Crippen MR) is 127 cm³/mol. The number of H-pyrrole nitrogens is 1. The molecule has 1 fully saturated rings. The van der Waals surface area contributed by atoms with E-state index in [1.54, 1.807) is 6.07 Å². The molecule has 1 aliphatic heterocycles. The van der Waals surface area contributed by atoms with Crippen molar-refractivity contribution >= 4 is 38.3 Å². The van der Waals surface area contributed by atoms with Gasteiger partial charge in [0, 0.05) is 41.5 Å². The summed E-state index contributed by atoms with van der Waals surface area (Å²) in [7, 11) is 0. The Kier molecular flexibility index (Phi) is 5.91. The van der Waals surface area contributed by atoms with Crippen LogP contribution >= 0.6 is 11.3 Å². The van der Waals surface area contributed by atoms with E-state index in [0.717, 1.165) is 60.3 Å². The van der Waals surface area contributed by atoms with E-state index in [1.807, 2.05) is 13.0 Å². The lowest BCUT2D eigenvalue weighted by atomic mass is 10.0. The first-order valence-corrected chi connectivity index (χ1v) is 11.9. The summed E-state index contributed by atoms with van der Waals surface area (Å²) in [4.78, 5) is 14.8. The first-order valence-electron chi connectivity index (χ1n) is 11.1. The predicted octanol–water partition coefficient (Wildman–Crippen LogP) is 5.53. The second-order valence-corrected chi connectivity index (χ2v) is 9.87. The maximum absolute atomic E-state index is 12.8. The highest BCUT2D eigenvalue weighted by atomic mass is 32.1. The van der Waals surface area contributed by atoms with E-state index in [-0.39, 0.29) is 10.9 Å². The van der Waals surface area contributed by atoms with Crippen LogP contribution in [0.3, 0.4) is 0 Å². The van der Waals surface area contributed by atoms with Crippen LogP contribution < -0.4 is 5.32 Å². The highest BCUT2D eigenvalue weighted by molar-refractivity contribution is 7.18. The van der Waals surface area contributed by atoms with Gasteiger partial charge in [-0.25, -0.2) is 9.97 Å². The molecule has 10 heteroatoms. The van der Waals surface area contributed by atoms with Crippen molar-refractivity contribution in [2.75, 3.05) is 18.4 Å². The summed E-state index contributed by atoms with van der Waals surface area (Å²) in [5, 5.41) is 14.4. The number of nitriles is 1. The van der Waals surface area contributed by atoms with Crippen LogP contribution in [0.2, 0.25) is 0 Å². The largest absolute Gasteiger partial charge is 0.393 e. The van der Waals surface area contributed by atoms with Crippen LogP contribution in [-0.2, 0) is 13.0 Å². The van der Waals surface area contributed by atoms with E-state index in [1.165, 1.54) is 11.9 Å². The van der Waals surface area contributed by atoms with E-state index in [2.05, 4.69) is 43.4 Å². The third-order valence-corrected chi connectivity index (χ3v) is 7.37. The Balaban J connectivity index is 1.22. The second-order valence-electron chi connectivity index (χ2n) is 8.76. The van der Waals surface area contributed by atoms with Crippen LogP contribution in [0.4, 0.5) is 19.0 Å². The van der Waals surface area contributed by atoms with Gasteiger partial charge >= 0.3 is 6.18 Å². The quantitative estimate of drug-likeness (QED) is 0.389. The maximum Gasteiger partial charge on any atom is 0.393 e. The van der Waals surface area contributed by atoms with Crippen molar-refractivity contribution in [3.8, 4) is 6.07 Å². The maximum atomic E-state index is 12.8. The van der Waals surface area contributed by atoms with Crippen molar-refractivity contribution in [3.05, 3.63) is 52.3 Å². The molecule has 2 N–H and O–H groups in total. The summed E-state index contributed by atoms with van der Waals surface area (Å²) in [5.74, 6) is 0.606. The number of rotatable bonds is 5. The Labute approximate surface area is 198 Å². The molecule has 3 aromatic heterocycles. The molecule has 176 valence electrons. The SMILES string of the molecule is Cc1c(C#N)[nH]c2ccc(CN3CCC(Nc4ncnc5sc(CC(F)(F)F)cc45)CC3)cc12. The number of hydrogen-bond acceptors (Lipinski definition) is 6. The van der Waals surface area contributed by atoms with Crippen molar-refractivity contribution in [1.82, 2.24) is 19.9 Å². The molecule has 1 saturated heterocycles. The Morgan fingerprint density at radius 3 is 2.74 bits per heavy atom. The number of benzene rings is 1. The molecule has 0 spiro atoms. The van der Waals surface area contributed by atoms with Crippen molar-refractivity contribution in [3.63, 3.8) is 0 Å². The molecule has 6 nitrogen and oxygen atoms in total. The van der Waals surface area contributed by atoms with E-state index in [4.69, 9.17) is 0 Å². The zero-order chi connectivity index (χ0) is 23.9. The molecule has 4 heterocycles. The van der Waals surface area contributed by atoms with Gasteiger partial charge in [0.05, 0.1) is 11.8 Å². The minimum Gasteiger partial charge on any atom is -0.367 e. The summed E-state index contributed by atoms with van der Waals surface area (Å²) < 4.78 is 38.4. The molecule has 0 amide bonds. The Hall–Kier alpha value is -3.16. The molecular weight excluding hydrogens is 461 g/mol. The average Bonchev–Trinajstić information content (AvgIpc) is 3.34. The fourth-order valence-corrected chi connectivity index (χ4v) is 5.60. The van der Waals surface area contributed by atoms with Gasteiger partial charge in [-0.1, -0.05) is 6.07 Å². The van der Waals surface area contributed by atoms with Crippen LogP contribution in [0.5, 0.6) is 0 Å². The van der Waals surface area contributed by atoms with Gasteiger partial charge in [0.25, 0.3) is 0 Å². The Morgan fingerprint density at radius 1 is 1.21 bits per heavy atom. The van der Waals surface area contributed by atoms with E-state index in [0.29, 0.717) is 21.7 Å². The first kappa shape index (κ1) is 22.6. The zero-order valence-corrected chi connectivity index (χ0v) is 19.4. The standard InChI is InChI=1S/C24H23F3N6S/c1-14-18-8-15(2-3-20(18)32-21(14)11-28)12-33-6-4-16(5-7-33)31-22-19-9-17(10-24(25,26)27)34-23(19)30-13-29-22/h2-3,8-9,13,16,32H,4-7,10,12H2,1H3,(H,29,30,31). The number of piperidine rings is 1. The van der Waals surface area contributed by atoms with Crippen LogP contribution in [0.15, 0.2) is 30.6 Å². The van der Waals surface area contributed by atoms with Gasteiger partial charge < -0.3 is 10.3 Å². The van der Waals surface area contributed by atoms with Crippen LogP contribution in [0, 0.1) is 18.3 Å². The number of aromatic amines is 1. The molecule has 4 aromatic rings. The molecule has 1 aliphatic rings. The Bertz CT molecular complexity index is 1380. The lowest BCUT2D eigenvalue weighted by Gasteiger charge is -2.32. The van der Waals surface area contributed by atoms with E-state index >= 15 is 0 Å². The number of aromatic nitrogens is 3. The third kappa shape index (κ3) is 4.72. The van der Waals surface area contributed by atoms with Gasteiger partial charge in [-0.05, 0) is 49.1 Å². The molecule has 5 rings (SSSR count). The summed E-state index contributed by atoms with van der Waals surface area (Å²) in [5.41, 5.74) is 3.77. The molecule has 1 aromatic carbocycles. The minimum absolute atomic E-state index is 0.202. The summed E-state index contributed by atoms with van der Waals surface area (Å²) in [6.45, 7) is 4.60. The highest BCUT2D eigenvalue weighted by Gasteiger charge is 2.29. The number of nitrogens with one attached hydrogen (secondary N) is 2. The molecule has 0 saturated carbocycles. The molecule has 34 heavy (non-hydrogen) atoms. The van der Waals surface area contributed by atoms with Gasteiger partial charge in [-0.15, -0.1) is 11.3 Å². The van der Waals surface area contributed by atoms with E-state index in [9.17, 15) is 18.4 Å². The topological polar surface area (TPSA) is 80.6 Å². The van der Waals surface area contributed by atoms with Crippen molar-refractivity contribution < 1.29 is 13.2 Å². The van der Waals surface area contributed by atoms with Crippen molar-refractivity contribution in [2.45, 2.75) is 44.9 Å². The number of anilines is 1. The zero-order valence-electron chi connectivity index (χ0n) is 18.5. The van der Waals surface area contributed by atoms with Crippen LogP contribution in [0.25, 0.3) is 21.1 Å². The first-order chi connectivity index (χ1) is 16.3. The lowest BCUT2D eigenvalue weighted by molar-refractivity contribution is -0.126. The number of aryl methyl sites for hydroxylation is 1. The molecule has 0 atom stereocenters. The van der Waals surface area contributed by atoms with E-state index < -0.39 is 12.6 Å². The van der Waals surface area contributed by atoms with Crippen molar-refractivity contribution in [2.24, 2.45) is 0 Å². The molecule has 0 unspecified atom stereocenters. The number of hydrogen-bond donors (Lipinski definition) is 2. The normalized spacial score (nSPS) is 15.7. The van der Waals surface area contributed by atoms with Gasteiger partial charge in [-0.2, -0.15) is 18.4 Å². The molecular formula is C24H23F3N6S. The lowest BCUT2D eigenvalue weighted by Crippen LogP contribution is -2.38. The number of fused-ring (bicyclic) bond motifs is 2. The number of likely N-dealkylation sites (tertiary alicyclic amines) is 1. The number of thiophene rings is 1. The summed E-state index contributed by atoms with van der Waals surface area (Å²) >= 11 is 1.07. The van der Waals surface area contributed by atoms with Gasteiger partial charge in [0.15, 0.2) is 0 Å². The van der Waals surface area contributed by atoms with Gasteiger partial charge in [-0.3, -0.25) is 4.90 Å². The highest BCUT2D eigenvalue weighted by Crippen LogP contribution is 2.33. The van der Waals surface area contributed by atoms with Crippen LogP contribution in [-0.4, -0.2) is 45.2 Å². The minimum atomic E-state index is -4.24. The molecule has 0 aliphatic carbocycles. The summed E-state index contributed by atoms with van der Waals surface area (Å²) in [6, 6.07) is 10.2. The van der Waals surface area contributed by atoms with Crippen molar-refractivity contribution in [1.29, 1.82) is 5.26 Å². The fraction of sp³-hybridized carbons (Fsp3) is 0.375. The number of alkyl halides is 3. The summed E-state index contributed by atoms with van der Waals surface area (Å²) in [6.07, 6.45) is -1.95. The fourth-order valence-electron chi connectivity index (χ4n) is 4.58. The monoisotopic (exact) mass is 484 g/mol. The van der Waals surface area contributed by atoms with Crippen LogP contribution in [0.1, 0.15) is 34.5 Å². The Morgan fingerprint density at radius 2 is 2.00 bits per heavy atom. The third-order valence-electron chi connectivity index (χ3n) is 6.32. The molecule has 0 radical (unpaired) electrons. The molecule has 0 bridgehead atoms. The second kappa shape index (κ2) is 8.89. The van der Waals surface area contributed by atoms with Gasteiger partial charge in [0.2, 0.25) is 0 Å². The smallest absolute Gasteiger partial charge is 0.367 e. The number of nitrogens with zero attached hydrogens (tertiary/aromatic N) is 4. The van der Waals surface area contributed by atoms with Gasteiger partial charge in [0.1, 0.15) is 28.7 Å².